The third-order valence-corrected chi connectivity index (χ3v) is 7.49. The number of anilines is 1. The zero-order valence-corrected chi connectivity index (χ0v) is 25.5. The van der Waals surface area contributed by atoms with Crippen molar-refractivity contribution in [1.29, 1.82) is 0 Å². The number of para-hydroxylation sites is 1. The van der Waals surface area contributed by atoms with Gasteiger partial charge in [-0.2, -0.15) is 0 Å². The Hall–Kier alpha value is -1.55. The van der Waals surface area contributed by atoms with Crippen LogP contribution in [0.2, 0.25) is 0 Å². The Kier molecular flexibility index (Phi) is 16.0. The molecule has 3 nitrogen and oxygen atoms in total. The van der Waals surface area contributed by atoms with Gasteiger partial charge in [0.05, 0.1) is 5.69 Å². The maximum Gasteiger partial charge on any atom is 1.00 e. The van der Waals surface area contributed by atoms with Gasteiger partial charge in [-0.1, -0.05) is 126 Å². The molecule has 196 valence electrons. The molecule has 0 unspecified atom stereocenters. The zero-order valence-electron chi connectivity index (χ0n) is 23.5. The summed E-state index contributed by atoms with van der Waals surface area (Å²) in [6.07, 6.45) is 21.7. The van der Waals surface area contributed by atoms with Crippen molar-refractivity contribution in [3.05, 3.63) is 71.5 Å². The number of fused-ring (bicyclic) bond motifs is 1. The van der Waals surface area contributed by atoms with Crippen LogP contribution in [0.15, 0.2) is 54.8 Å². The van der Waals surface area contributed by atoms with Crippen molar-refractivity contribution >= 4 is 17.2 Å². The molecule has 0 aromatic heterocycles. The standard InChI is InChI=1S/C33H47NO2.Na/c1-2-3-4-5-6-7-8-9-10-11-12-13-14-19-28-20-17-21-29(26-28)22-18-25-34-32-24-16-15-23-30(32)31(27-35)33(34)36;/h15-17,20-21,23-24,26-27,35H,2-14,18-19,22,25H2,1H3;/q;+1/p-1/b31-27-;. The first-order valence-electron chi connectivity index (χ1n) is 14.6. The smallest absolute Gasteiger partial charge is 0.877 e. The third-order valence-electron chi connectivity index (χ3n) is 7.49. The van der Waals surface area contributed by atoms with E-state index in [1.54, 1.807) is 4.90 Å². The zero-order chi connectivity index (χ0) is 25.4. The second kappa shape index (κ2) is 18.7. The molecule has 4 heteroatoms. The summed E-state index contributed by atoms with van der Waals surface area (Å²) < 4.78 is 0. The second-order valence-corrected chi connectivity index (χ2v) is 10.4. The minimum atomic E-state index is -0.164. The molecule has 0 fully saturated rings. The molecule has 2 aromatic carbocycles. The van der Waals surface area contributed by atoms with Crippen LogP contribution >= 0.6 is 0 Å². The molecule has 1 aliphatic heterocycles. The molecule has 0 bridgehead atoms. The third kappa shape index (κ3) is 10.6. The predicted molar refractivity (Wildman–Crippen MR) is 151 cm³/mol. The average molecular weight is 512 g/mol. The number of amides is 1. The van der Waals surface area contributed by atoms with Crippen LogP contribution in [-0.2, 0) is 17.6 Å². The number of carbonyl (C=O) groups is 1. The second-order valence-electron chi connectivity index (χ2n) is 10.4. The molecule has 0 N–H and O–H groups in total. The van der Waals surface area contributed by atoms with Gasteiger partial charge >= 0.3 is 29.6 Å². The number of aryl methyl sites for hydroxylation is 2. The summed E-state index contributed by atoms with van der Waals surface area (Å²) in [5.74, 6) is -0.164. The van der Waals surface area contributed by atoms with Crippen LogP contribution in [0.3, 0.4) is 0 Å². The molecule has 0 aliphatic carbocycles. The van der Waals surface area contributed by atoms with Crippen LogP contribution < -0.4 is 39.6 Å². The largest absolute Gasteiger partial charge is 1.00 e. The van der Waals surface area contributed by atoms with Crippen LogP contribution in [0.4, 0.5) is 5.69 Å². The molecular formula is C33H46NNaO2. The average Bonchev–Trinajstić information content (AvgIpc) is 3.17. The fraction of sp³-hybridized carbons (Fsp3) is 0.545. The van der Waals surface area contributed by atoms with Crippen LogP contribution in [0.5, 0.6) is 0 Å². The number of benzene rings is 2. The van der Waals surface area contributed by atoms with E-state index >= 15 is 0 Å². The molecule has 1 amide bonds. The van der Waals surface area contributed by atoms with Gasteiger partial charge in [0.1, 0.15) is 0 Å². The number of hydrogen-bond acceptors (Lipinski definition) is 2. The number of rotatable bonds is 18. The van der Waals surface area contributed by atoms with E-state index in [-0.39, 0.29) is 41.0 Å². The summed E-state index contributed by atoms with van der Waals surface area (Å²) in [7, 11) is 0. The summed E-state index contributed by atoms with van der Waals surface area (Å²) in [4.78, 5) is 14.4. The van der Waals surface area contributed by atoms with Crippen molar-refractivity contribution < 1.29 is 39.5 Å². The van der Waals surface area contributed by atoms with Crippen LogP contribution in [-0.4, -0.2) is 12.5 Å². The molecule has 1 heterocycles. The molecule has 2 aromatic rings. The number of unbranched alkanes of at least 4 members (excludes halogenated alkanes) is 12. The number of hydrogen-bond donors (Lipinski definition) is 0. The first-order chi connectivity index (χ1) is 17.7. The van der Waals surface area contributed by atoms with E-state index in [4.69, 9.17) is 0 Å². The minimum Gasteiger partial charge on any atom is -0.877 e. The van der Waals surface area contributed by atoms with Crippen molar-refractivity contribution in [2.45, 2.75) is 110 Å². The monoisotopic (exact) mass is 511 g/mol. The van der Waals surface area contributed by atoms with E-state index < -0.39 is 0 Å². The molecular weight excluding hydrogens is 465 g/mol. The van der Waals surface area contributed by atoms with Gasteiger partial charge in [-0.25, -0.2) is 0 Å². The SMILES string of the molecule is CCCCCCCCCCCCCCCc1cccc(CCCN2C(=O)/C(=C\[O-])c3ccccc32)c1.[Na+]. The van der Waals surface area contributed by atoms with E-state index in [2.05, 4.69) is 31.2 Å². The van der Waals surface area contributed by atoms with Crippen LogP contribution in [0.1, 0.15) is 114 Å². The van der Waals surface area contributed by atoms with Crippen LogP contribution in [0.25, 0.3) is 5.57 Å². The fourth-order valence-corrected chi connectivity index (χ4v) is 5.37. The molecule has 0 spiro atoms. The van der Waals surface area contributed by atoms with Crippen LogP contribution in [0, 0.1) is 0 Å². The van der Waals surface area contributed by atoms with Gasteiger partial charge < -0.3 is 10.0 Å². The number of nitrogens with zero attached hydrogens (tertiary/aromatic N) is 1. The van der Waals surface area contributed by atoms with Gasteiger partial charge in [-0.05, 0) is 42.9 Å². The summed E-state index contributed by atoms with van der Waals surface area (Å²) in [5.41, 5.74) is 4.67. The molecule has 0 saturated carbocycles. The van der Waals surface area contributed by atoms with E-state index in [0.717, 1.165) is 30.5 Å². The number of carbonyl (C=O) groups excluding carboxylic acids is 1. The Labute approximate surface area is 248 Å². The molecule has 0 radical (unpaired) electrons. The van der Waals surface area contributed by atoms with E-state index in [9.17, 15) is 9.90 Å². The first kappa shape index (κ1) is 31.7. The summed E-state index contributed by atoms with van der Waals surface area (Å²) in [5, 5.41) is 11.4. The van der Waals surface area contributed by atoms with Gasteiger partial charge in [0.2, 0.25) is 0 Å². The molecule has 37 heavy (non-hydrogen) atoms. The van der Waals surface area contributed by atoms with E-state index in [0.29, 0.717) is 12.8 Å². The summed E-state index contributed by atoms with van der Waals surface area (Å²) in [6, 6.07) is 16.5. The van der Waals surface area contributed by atoms with E-state index in [1.807, 2.05) is 24.3 Å². The Bertz CT molecular complexity index is 955. The van der Waals surface area contributed by atoms with Gasteiger partial charge in [0.25, 0.3) is 5.91 Å². The predicted octanol–water partition coefficient (Wildman–Crippen LogP) is 5.00. The van der Waals surface area contributed by atoms with Crippen molar-refractivity contribution in [2.75, 3.05) is 11.4 Å². The Morgan fingerprint density at radius 2 is 1.24 bits per heavy atom. The quantitative estimate of drug-likeness (QED) is 0.122. The fourth-order valence-electron chi connectivity index (χ4n) is 5.37. The topological polar surface area (TPSA) is 43.4 Å². The summed E-state index contributed by atoms with van der Waals surface area (Å²) in [6.45, 7) is 2.92. The molecule has 0 saturated heterocycles. The minimum absolute atomic E-state index is 0. The van der Waals surface area contributed by atoms with Gasteiger partial charge in [0, 0.05) is 17.7 Å². The van der Waals surface area contributed by atoms with E-state index in [1.165, 1.54) is 94.6 Å². The molecule has 1 aliphatic rings. The molecule has 3 rings (SSSR count). The van der Waals surface area contributed by atoms with Crippen molar-refractivity contribution in [3.63, 3.8) is 0 Å². The Morgan fingerprint density at radius 1 is 0.703 bits per heavy atom. The Balaban J connectivity index is 0.00000481. The normalized spacial score (nSPS) is 13.7. The first-order valence-corrected chi connectivity index (χ1v) is 14.6. The van der Waals surface area contributed by atoms with Crippen molar-refractivity contribution in [2.24, 2.45) is 0 Å². The summed E-state index contributed by atoms with van der Waals surface area (Å²) >= 11 is 0. The van der Waals surface area contributed by atoms with Gasteiger partial charge in [-0.15, -0.1) is 6.26 Å². The van der Waals surface area contributed by atoms with Gasteiger partial charge in [0.15, 0.2) is 0 Å². The van der Waals surface area contributed by atoms with Crippen molar-refractivity contribution in [1.82, 2.24) is 0 Å². The maximum absolute atomic E-state index is 12.7. The molecule has 0 atom stereocenters. The Morgan fingerprint density at radius 3 is 1.84 bits per heavy atom. The van der Waals surface area contributed by atoms with Gasteiger partial charge in [-0.3, -0.25) is 4.79 Å². The van der Waals surface area contributed by atoms with Crippen molar-refractivity contribution in [3.8, 4) is 0 Å². The maximum atomic E-state index is 12.7.